The standard InChI is InChI=1S/C19H17ClFNO2/c1-12(2)18(23)22-19(24)17(14-5-9-16(21)10-6-14)11-13-3-7-15(20)8-4-13/h3-12H,1-2H3,(H,22,23,24)/b17-11+. The largest absolute Gasteiger partial charge is 0.292 e. The third-order valence-electron chi connectivity index (χ3n) is 3.34. The third kappa shape index (κ3) is 4.77. The van der Waals surface area contributed by atoms with Crippen molar-refractivity contribution < 1.29 is 14.0 Å². The van der Waals surface area contributed by atoms with Crippen molar-refractivity contribution in [1.82, 2.24) is 5.32 Å². The van der Waals surface area contributed by atoms with Gasteiger partial charge in [0.2, 0.25) is 5.91 Å². The number of carbonyl (C=O) groups excluding carboxylic acids is 2. The Labute approximate surface area is 145 Å². The first-order chi connectivity index (χ1) is 11.4. The molecule has 2 aromatic rings. The van der Waals surface area contributed by atoms with E-state index in [1.54, 1.807) is 44.2 Å². The zero-order valence-corrected chi connectivity index (χ0v) is 14.1. The van der Waals surface area contributed by atoms with Gasteiger partial charge in [-0.05, 0) is 41.5 Å². The van der Waals surface area contributed by atoms with Crippen LogP contribution in [0.25, 0.3) is 11.6 Å². The number of imide groups is 1. The highest BCUT2D eigenvalue weighted by Gasteiger charge is 2.17. The van der Waals surface area contributed by atoms with Crippen molar-refractivity contribution in [2.75, 3.05) is 0 Å². The fraction of sp³-hybridized carbons (Fsp3) is 0.158. The molecule has 0 atom stereocenters. The van der Waals surface area contributed by atoms with Crippen molar-refractivity contribution >= 4 is 35.1 Å². The van der Waals surface area contributed by atoms with Crippen LogP contribution in [0.4, 0.5) is 4.39 Å². The van der Waals surface area contributed by atoms with Crippen molar-refractivity contribution in [2.24, 2.45) is 5.92 Å². The Morgan fingerprint density at radius 1 is 1.04 bits per heavy atom. The number of nitrogens with one attached hydrogen (secondary N) is 1. The van der Waals surface area contributed by atoms with E-state index in [4.69, 9.17) is 11.6 Å². The molecule has 0 unspecified atom stereocenters. The number of halogens is 2. The lowest BCUT2D eigenvalue weighted by Crippen LogP contribution is -2.34. The van der Waals surface area contributed by atoms with Crippen LogP contribution >= 0.6 is 11.6 Å². The van der Waals surface area contributed by atoms with Crippen LogP contribution in [0.5, 0.6) is 0 Å². The quantitative estimate of drug-likeness (QED) is 0.662. The van der Waals surface area contributed by atoms with Gasteiger partial charge in [-0.2, -0.15) is 0 Å². The van der Waals surface area contributed by atoms with Gasteiger partial charge in [0.15, 0.2) is 0 Å². The highest BCUT2D eigenvalue weighted by Crippen LogP contribution is 2.20. The Kier molecular flexibility index (Phi) is 5.88. The fourth-order valence-electron chi connectivity index (χ4n) is 1.96. The molecule has 1 N–H and O–H groups in total. The Morgan fingerprint density at radius 3 is 2.17 bits per heavy atom. The first-order valence-electron chi connectivity index (χ1n) is 7.45. The Morgan fingerprint density at radius 2 is 1.62 bits per heavy atom. The molecule has 0 aromatic heterocycles. The van der Waals surface area contributed by atoms with Gasteiger partial charge in [0.05, 0.1) is 0 Å². The van der Waals surface area contributed by atoms with Crippen molar-refractivity contribution in [1.29, 1.82) is 0 Å². The van der Waals surface area contributed by atoms with Gasteiger partial charge < -0.3 is 0 Å². The summed E-state index contributed by atoms with van der Waals surface area (Å²) in [6, 6.07) is 12.4. The molecule has 0 spiro atoms. The second-order valence-corrected chi connectivity index (χ2v) is 6.03. The number of amides is 2. The predicted octanol–water partition coefficient (Wildman–Crippen LogP) is 4.32. The van der Waals surface area contributed by atoms with Crippen LogP contribution < -0.4 is 5.32 Å². The van der Waals surface area contributed by atoms with Gasteiger partial charge in [0.1, 0.15) is 5.82 Å². The summed E-state index contributed by atoms with van der Waals surface area (Å²) in [5.74, 6) is -1.62. The summed E-state index contributed by atoms with van der Waals surface area (Å²) in [7, 11) is 0. The lowest BCUT2D eigenvalue weighted by molar-refractivity contribution is -0.129. The maximum Gasteiger partial charge on any atom is 0.258 e. The second-order valence-electron chi connectivity index (χ2n) is 5.59. The van der Waals surface area contributed by atoms with Crippen LogP contribution in [0.3, 0.4) is 0 Å². The first-order valence-corrected chi connectivity index (χ1v) is 7.83. The lowest BCUT2D eigenvalue weighted by Gasteiger charge is -2.10. The molecule has 3 nitrogen and oxygen atoms in total. The molecule has 0 fully saturated rings. The van der Waals surface area contributed by atoms with Crippen molar-refractivity contribution in [3.05, 3.63) is 70.5 Å². The maximum absolute atomic E-state index is 13.1. The van der Waals surface area contributed by atoms with E-state index in [0.29, 0.717) is 10.6 Å². The normalized spacial score (nSPS) is 11.5. The third-order valence-corrected chi connectivity index (χ3v) is 3.59. The minimum Gasteiger partial charge on any atom is -0.292 e. The molecule has 124 valence electrons. The molecule has 0 heterocycles. The van der Waals surface area contributed by atoms with E-state index in [1.807, 2.05) is 0 Å². The molecule has 0 aliphatic heterocycles. The molecule has 2 rings (SSSR count). The van der Waals surface area contributed by atoms with Gasteiger partial charge >= 0.3 is 0 Å². The molecule has 5 heteroatoms. The first kappa shape index (κ1) is 17.9. The summed E-state index contributed by atoms with van der Waals surface area (Å²) >= 11 is 5.86. The Hall–Kier alpha value is -2.46. The van der Waals surface area contributed by atoms with Gasteiger partial charge in [-0.3, -0.25) is 14.9 Å². The van der Waals surface area contributed by atoms with Crippen LogP contribution in [-0.4, -0.2) is 11.8 Å². The van der Waals surface area contributed by atoms with Crippen LogP contribution in [0, 0.1) is 11.7 Å². The SMILES string of the molecule is CC(C)C(=O)NC(=O)/C(=C/c1ccc(Cl)cc1)c1ccc(F)cc1. The summed E-state index contributed by atoms with van der Waals surface area (Å²) in [5.41, 5.74) is 1.53. The summed E-state index contributed by atoms with van der Waals surface area (Å²) in [6.07, 6.45) is 1.63. The average molecular weight is 346 g/mol. The van der Waals surface area contributed by atoms with Crippen molar-refractivity contribution in [3.63, 3.8) is 0 Å². The number of hydrogen-bond donors (Lipinski definition) is 1. The van der Waals surface area contributed by atoms with E-state index in [1.165, 1.54) is 24.3 Å². The molecule has 0 radical (unpaired) electrons. The lowest BCUT2D eigenvalue weighted by atomic mass is 10.0. The van der Waals surface area contributed by atoms with E-state index >= 15 is 0 Å². The Balaban J connectivity index is 2.41. The monoisotopic (exact) mass is 345 g/mol. The highest BCUT2D eigenvalue weighted by molar-refractivity contribution is 6.30. The van der Waals surface area contributed by atoms with Crippen molar-refractivity contribution in [3.8, 4) is 0 Å². The maximum atomic E-state index is 13.1. The zero-order chi connectivity index (χ0) is 17.7. The van der Waals surface area contributed by atoms with E-state index in [-0.39, 0.29) is 17.4 Å². The number of rotatable bonds is 4. The number of hydrogen-bond acceptors (Lipinski definition) is 2. The number of benzene rings is 2. The average Bonchev–Trinajstić information content (AvgIpc) is 2.55. The highest BCUT2D eigenvalue weighted by atomic mass is 35.5. The Bertz CT molecular complexity index is 765. The van der Waals surface area contributed by atoms with Crippen LogP contribution in [-0.2, 0) is 9.59 Å². The minimum absolute atomic E-state index is 0.270. The molecular weight excluding hydrogens is 329 g/mol. The molecular formula is C19H17ClFNO2. The van der Waals surface area contributed by atoms with Gasteiger partial charge in [-0.15, -0.1) is 0 Å². The van der Waals surface area contributed by atoms with Gasteiger partial charge in [-0.1, -0.05) is 49.7 Å². The van der Waals surface area contributed by atoms with E-state index in [2.05, 4.69) is 5.32 Å². The zero-order valence-electron chi connectivity index (χ0n) is 13.3. The molecule has 2 amide bonds. The molecule has 0 saturated heterocycles. The molecule has 0 aliphatic rings. The smallest absolute Gasteiger partial charge is 0.258 e. The van der Waals surface area contributed by atoms with Gasteiger partial charge in [0, 0.05) is 16.5 Å². The summed E-state index contributed by atoms with van der Waals surface area (Å²) < 4.78 is 13.1. The van der Waals surface area contributed by atoms with E-state index in [9.17, 15) is 14.0 Å². The summed E-state index contributed by atoms with van der Waals surface area (Å²) in [5, 5.41) is 2.94. The van der Waals surface area contributed by atoms with Crippen LogP contribution in [0.2, 0.25) is 5.02 Å². The van der Waals surface area contributed by atoms with Crippen LogP contribution in [0.15, 0.2) is 48.5 Å². The molecule has 0 saturated carbocycles. The molecule has 2 aromatic carbocycles. The van der Waals surface area contributed by atoms with Gasteiger partial charge in [-0.25, -0.2) is 4.39 Å². The predicted molar refractivity (Wildman–Crippen MR) is 93.7 cm³/mol. The summed E-state index contributed by atoms with van der Waals surface area (Å²) in [6.45, 7) is 3.40. The molecule has 24 heavy (non-hydrogen) atoms. The molecule has 0 aliphatic carbocycles. The topological polar surface area (TPSA) is 46.2 Å². The fourth-order valence-corrected chi connectivity index (χ4v) is 2.08. The second kappa shape index (κ2) is 7.88. The summed E-state index contributed by atoms with van der Waals surface area (Å²) in [4.78, 5) is 24.3. The van der Waals surface area contributed by atoms with Crippen LogP contribution in [0.1, 0.15) is 25.0 Å². The van der Waals surface area contributed by atoms with Gasteiger partial charge in [0.25, 0.3) is 5.91 Å². The van der Waals surface area contributed by atoms with E-state index in [0.717, 1.165) is 5.56 Å². The minimum atomic E-state index is -0.532. The van der Waals surface area contributed by atoms with E-state index < -0.39 is 11.7 Å². The van der Waals surface area contributed by atoms with Crippen molar-refractivity contribution in [2.45, 2.75) is 13.8 Å². The number of carbonyl (C=O) groups is 2. The molecule has 0 bridgehead atoms.